The zero-order chi connectivity index (χ0) is 13.4. The van der Waals surface area contributed by atoms with E-state index < -0.39 is 0 Å². The Hall–Kier alpha value is -2.02. The number of carbonyl (C=O) groups is 1. The second-order valence-electron chi connectivity index (χ2n) is 4.00. The van der Waals surface area contributed by atoms with E-state index >= 15 is 0 Å². The number of rotatable bonds is 6. The Morgan fingerprint density at radius 3 is 2.56 bits per heavy atom. The van der Waals surface area contributed by atoms with Crippen molar-refractivity contribution in [1.82, 2.24) is 4.90 Å². The molecular weight excluding hydrogens is 228 g/mol. The average Bonchev–Trinajstić information content (AvgIpc) is 2.39. The third kappa shape index (κ3) is 4.10. The highest BCUT2D eigenvalue weighted by Crippen LogP contribution is 2.12. The van der Waals surface area contributed by atoms with E-state index in [0.717, 1.165) is 17.7 Å². The van der Waals surface area contributed by atoms with Gasteiger partial charge in [-0.05, 0) is 24.1 Å². The molecule has 1 aromatic rings. The smallest absolute Gasteiger partial charge is 0.227 e. The first-order chi connectivity index (χ1) is 8.71. The molecule has 1 aromatic carbocycles. The minimum Gasteiger partial charge on any atom is -0.497 e. The van der Waals surface area contributed by atoms with Gasteiger partial charge in [0.15, 0.2) is 0 Å². The molecule has 0 spiro atoms. The van der Waals surface area contributed by atoms with Crippen molar-refractivity contribution in [2.75, 3.05) is 20.2 Å². The van der Waals surface area contributed by atoms with Crippen LogP contribution in [0.4, 0.5) is 0 Å². The molecule has 0 aliphatic carbocycles. The number of ether oxygens (including phenoxy) is 1. The summed E-state index contributed by atoms with van der Waals surface area (Å²) in [5, 5.41) is 8.69. The van der Waals surface area contributed by atoms with E-state index in [1.807, 2.05) is 37.3 Å². The van der Waals surface area contributed by atoms with Gasteiger partial charge in [0, 0.05) is 6.54 Å². The monoisotopic (exact) mass is 246 g/mol. The fourth-order valence-corrected chi connectivity index (χ4v) is 1.68. The van der Waals surface area contributed by atoms with E-state index in [1.54, 1.807) is 12.0 Å². The van der Waals surface area contributed by atoms with Crippen LogP contribution in [0.1, 0.15) is 18.9 Å². The predicted molar refractivity (Wildman–Crippen MR) is 69.2 cm³/mol. The highest BCUT2D eigenvalue weighted by atomic mass is 16.5. The Kier molecular flexibility index (Phi) is 5.72. The summed E-state index contributed by atoms with van der Waals surface area (Å²) in [6.45, 7) is 2.77. The van der Waals surface area contributed by atoms with Crippen LogP contribution in [0, 0.1) is 11.3 Å². The molecule has 96 valence electrons. The van der Waals surface area contributed by atoms with E-state index in [9.17, 15) is 4.79 Å². The highest BCUT2D eigenvalue weighted by molar-refractivity contribution is 5.79. The summed E-state index contributed by atoms with van der Waals surface area (Å²) in [7, 11) is 1.61. The van der Waals surface area contributed by atoms with Crippen molar-refractivity contribution in [3.8, 4) is 11.8 Å². The molecule has 0 saturated carbocycles. The van der Waals surface area contributed by atoms with Crippen LogP contribution in [0.2, 0.25) is 0 Å². The Morgan fingerprint density at radius 1 is 1.39 bits per heavy atom. The minimum absolute atomic E-state index is 0.0106. The lowest BCUT2D eigenvalue weighted by atomic mass is 10.1. The van der Waals surface area contributed by atoms with Gasteiger partial charge in [-0.2, -0.15) is 5.26 Å². The number of hydrogen-bond donors (Lipinski definition) is 0. The van der Waals surface area contributed by atoms with E-state index in [1.165, 1.54) is 0 Å². The number of nitrogens with zero attached hydrogens (tertiary/aromatic N) is 2. The van der Waals surface area contributed by atoms with Gasteiger partial charge in [-0.25, -0.2) is 0 Å². The van der Waals surface area contributed by atoms with Crippen molar-refractivity contribution in [3.05, 3.63) is 29.8 Å². The molecule has 4 heteroatoms. The lowest BCUT2D eigenvalue weighted by Crippen LogP contribution is -2.33. The quantitative estimate of drug-likeness (QED) is 0.721. The number of benzene rings is 1. The van der Waals surface area contributed by atoms with Crippen LogP contribution in [-0.2, 0) is 11.2 Å². The first kappa shape index (κ1) is 14.0. The molecule has 0 unspecified atom stereocenters. The van der Waals surface area contributed by atoms with Crippen molar-refractivity contribution in [2.45, 2.75) is 19.8 Å². The van der Waals surface area contributed by atoms with E-state index in [4.69, 9.17) is 10.00 Å². The van der Waals surface area contributed by atoms with Gasteiger partial charge in [0.1, 0.15) is 12.3 Å². The summed E-state index contributed by atoms with van der Waals surface area (Å²) in [4.78, 5) is 13.6. The topological polar surface area (TPSA) is 53.3 Å². The van der Waals surface area contributed by atoms with Crippen molar-refractivity contribution in [2.24, 2.45) is 0 Å². The Morgan fingerprint density at radius 2 is 2.06 bits per heavy atom. The zero-order valence-corrected chi connectivity index (χ0v) is 10.8. The molecule has 0 heterocycles. The number of hydrogen-bond acceptors (Lipinski definition) is 3. The SMILES string of the molecule is CCCN(CC#N)C(=O)Cc1ccc(OC)cc1. The van der Waals surface area contributed by atoms with Gasteiger partial charge < -0.3 is 9.64 Å². The summed E-state index contributed by atoms with van der Waals surface area (Å²) >= 11 is 0. The predicted octanol–water partition coefficient (Wildman–Crippen LogP) is 2.00. The molecule has 0 N–H and O–H groups in total. The third-order valence-electron chi connectivity index (χ3n) is 2.62. The molecule has 0 bridgehead atoms. The van der Waals surface area contributed by atoms with Crippen LogP contribution in [-0.4, -0.2) is 31.0 Å². The molecule has 0 atom stereocenters. The molecule has 18 heavy (non-hydrogen) atoms. The van der Waals surface area contributed by atoms with Gasteiger partial charge >= 0.3 is 0 Å². The fourth-order valence-electron chi connectivity index (χ4n) is 1.68. The van der Waals surface area contributed by atoms with Gasteiger partial charge in [0.25, 0.3) is 0 Å². The second kappa shape index (κ2) is 7.33. The van der Waals surface area contributed by atoms with Crippen molar-refractivity contribution >= 4 is 5.91 Å². The maximum atomic E-state index is 12.0. The summed E-state index contributed by atoms with van der Waals surface area (Å²) in [6, 6.07) is 9.42. The van der Waals surface area contributed by atoms with Crippen LogP contribution in [0.3, 0.4) is 0 Å². The van der Waals surface area contributed by atoms with E-state index in [2.05, 4.69) is 0 Å². The van der Waals surface area contributed by atoms with Crippen LogP contribution in [0.5, 0.6) is 5.75 Å². The van der Waals surface area contributed by atoms with Gasteiger partial charge in [0.2, 0.25) is 5.91 Å². The van der Waals surface area contributed by atoms with Gasteiger partial charge in [-0.1, -0.05) is 19.1 Å². The lowest BCUT2D eigenvalue weighted by Gasteiger charge is -2.18. The minimum atomic E-state index is -0.0106. The van der Waals surface area contributed by atoms with Gasteiger partial charge in [-0.15, -0.1) is 0 Å². The molecule has 0 aromatic heterocycles. The molecule has 0 saturated heterocycles. The summed E-state index contributed by atoms with van der Waals surface area (Å²) in [5.74, 6) is 0.761. The van der Waals surface area contributed by atoms with E-state index in [-0.39, 0.29) is 12.5 Å². The Bertz CT molecular complexity index is 420. The Balaban J connectivity index is 2.63. The van der Waals surface area contributed by atoms with E-state index in [0.29, 0.717) is 13.0 Å². The number of amides is 1. The molecule has 1 rings (SSSR count). The second-order valence-corrected chi connectivity index (χ2v) is 4.00. The maximum absolute atomic E-state index is 12.0. The van der Waals surface area contributed by atoms with Crippen molar-refractivity contribution < 1.29 is 9.53 Å². The largest absolute Gasteiger partial charge is 0.497 e. The van der Waals surface area contributed by atoms with Crippen LogP contribution in [0.25, 0.3) is 0 Å². The van der Waals surface area contributed by atoms with Crippen LogP contribution in [0.15, 0.2) is 24.3 Å². The molecular formula is C14H18N2O2. The van der Waals surface area contributed by atoms with Crippen LogP contribution < -0.4 is 4.74 Å². The van der Waals surface area contributed by atoms with Gasteiger partial charge in [-0.3, -0.25) is 4.79 Å². The van der Waals surface area contributed by atoms with Gasteiger partial charge in [0.05, 0.1) is 19.6 Å². The molecule has 0 aliphatic heterocycles. The first-order valence-corrected chi connectivity index (χ1v) is 5.99. The molecule has 0 radical (unpaired) electrons. The first-order valence-electron chi connectivity index (χ1n) is 5.99. The molecule has 4 nitrogen and oxygen atoms in total. The molecule has 0 fully saturated rings. The van der Waals surface area contributed by atoms with Crippen LogP contribution >= 0.6 is 0 Å². The zero-order valence-electron chi connectivity index (χ0n) is 10.8. The normalized spacial score (nSPS) is 9.61. The molecule has 0 aliphatic rings. The highest BCUT2D eigenvalue weighted by Gasteiger charge is 2.12. The number of carbonyl (C=O) groups excluding carboxylic acids is 1. The standard InChI is InChI=1S/C14H18N2O2/c1-3-9-16(10-8-15)14(17)11-12-4-6-13(18-2)7-5-12/h4-7H,3,9-11H2,1-2H3. The third-order valence-corrected chi connectivity index (χ3v) is 2.62. The Labute approximate surface area is 108 Å². The summed E-state index contributed by atoms with van der Waals surface area (Å²) in [6.07, 6.45) is 1.18. The number of nitriles is 1. The number of methoxy groups -OCH3 is 1. The lowest BCUT2D eigenvalue weighted by molar-refractivity contribution is -0.129. The molecule has 1 amide bonds. The summed E-state index contributed by atoms with van der Waals surface area (Å²) in [5.41, 5.74) is 0.930. The average molecular weight is 246 g/mol. The fraction of sp³-hybridized carbons (Fsp3) is 0.429. The maximum Gasteiger partial charge on any atom is 0.227 e. The summed E-state index contributed by atoms with van der Waals surface area (Å²) < 4.78 is 5.06. The van der Waals surface area contributed by atoms with Crippen molar-refractivity contribution in [3.63, 3.8) is 0 Å². The van der Waals surface area contributed by atoms with Crippen molar-refractivity contribution in [1.29, 1.82) is 5.26 Å².